The highest BCUT2D eigenvalue weighted by Gasteiger charge is 2.59. The number of benzene rings is 2. The second kappa shape index (κ2) is 5.70. The quantitative estimate of drug-likeness (QED) is 0.468. The molecule has 1 unspecified atom stereocenters. The first kappa shape index (κ1) is 15.6. The average Bonchev–Trinajstić information content (AvgIpc) is 2.88. The highest BCUT2D eigenvalue weighted by atomic mass is 79.9. The van der Waals surface area contributed by atoms with Gasteiger partial charge in [-0.25, -0.2) is 4.79 Å². The standard InChI is InChI=1S/C17H13BrO5/c1-21-13-9-4-3-6-10(13)17(15(19)22-2)11-7-5-8-12(18)14(11)23-16(17)20/h3-9H,1-2H3. The number of esters is 2. The van der Waals surface area contributed by atoms with Crippen molar-refractivity contribution in [1.29, 1.82) is 0 Å². The number of rotatable bonds is 3. The van der Waals surface area contributed by atoms with E-state index < -0.39 is 17.4 Å². The first-order valence-corrected chi connectivity index (χ1v) is 7.59. The number of carbonyl (C=O) groups excluding carboxylic acids is 2. The first-order chi connectivity index (χ1) is 11.1. The predicted molar refractivity (Wildman–Crippen MR) is 85.6 cm³/mol. The zero-order valence-electron chi connectivity index (χ0n) is 12.5. The second-order valence-corrected chi connectivity index (χ2v) is 5.80. The average molecular weight is 377 g/mol. The molecule has 0 amide bonds. The Bertz CT molecular complexity index is 801. The molecule has 0 saturated heterocycles. The Morgan fingerprint density at radius 3 is 2.48 bits per heavy atom. The summed E-state index contributed by atoms with van der Waals surface area (Å²) < 4.78 is 16.3. The van der Waals surface area contributed by atoms with Gasteiger partial charge in [-0.1, -0.05) is 30.3 Å². The number of hydrogen-bond donors (Lipinski definition) is 0. The Morgan fingerprint density at radius 2 is 1.78 bits per heavy atom. The number of fused-ring (bicyclic) bond motifs is 1. The molecule has 1 aliphatic rings. The zero-order chi connectivity index (χ0) is 16.6. The van der Waals surface area contributed by atoms with E-state index in [4.69, 9.17) is 14.2 Å². The van der Waals surface area contributed by atoms with Gasteiger partial charge in [0.05, 0.1) is 18.7 Å². The van der Waals surface area contributed by atoms with Crippen LogP contribution in [-0.2, 0) is 19.7 Å². The van der Waals surface area contributed by atoms with E-state index in [9.17, 15) is 9.59 Å². The van der Waals surface area contributed by atoms with Crippen LogP contribution in [0.3, 0.4) is 0 Å². The fourth-order valence-electron chi connectivity index (χ4n) is 2.85. The van der Waals surface area contributed by atoms with Crippen LogP contribution in [0.15, 0.2) is 46.9 Å². The molecular weight excluding hydrogens is 364 g/mol. The molecule has 0 bridgehead atoms. The molecule has 0 aliphatic carbocycles. The summed E-state index contributed by atoms with van der Waals surface area (Å²) >= 11 is 3.35. The van der Waals surface area contributed by atoms with Gasteiger partial charge in [0.25, 0.3) is 0 Å². The van der Waals surface area contributed by atoms with E-state index >= 15 is 0 Å². The molecule has 5 nitrogen and oxygen atoms in total. The molecule has 0 N–H and O–H groups in total. The zero-order valence-corrected chi connectivity index (χ0v) is 14.0. The lowest BCUT2D eigenvalue weighted by Crippen LogP contribution is -2.44. The van der Waals surface area contributed by atoms with Crippen LogP contribution in [0.5, 0.6) is 11.5 Å². The number of halogens is 1. The molecule has 0 fully saturated rings. The second-order valence-electron chi connectivity index (χ2n) is 4.95. The van der Waals surface area contributed by atoms with Crippen molar-refractivity contribution in [3.8, 4) is 11.5 Å². The molecule has 1 aliphatic heterocycles. The van der Waals surface area contributed by atoms with Crippen molar-refractivity contribution in [1.82, 2.24) is 0 Å². The van der Waals surface area contributed by atoms with Gasteiger partial charge >= 0.3 is 11.9 Å². The molecule has 1 atom stereocenters. The maximum absolute atomic E-state index is 12.8. The number of carbonyl (C=O) groups is 2. The third kappa shape index (κ3) is 2.05. The molecule has 0 spiro atoms. The lowest BCUT2D eigenvalue weighted by atomic mass is 9.75. The maximum Gasteiger partial charge on any atom is 0.338 e. The third-order valence-corrected chi connectivity index (χ3v) is 4.50. The summed E-state index contributed by atoms with van der Waals surface area (Å²) in [6.07, 6.45) is 0. The molecule has 0 saturated carbocycles. The topological polar surface area (TPSA) is 61.8 Å². The van der Waals surface area contributed by atoms with Gasteiger partial charge in [0.15, 0.2) is 0 Å². The largest absolute Gasteiger partial charge is 0.496 e. The summed E-state index contributed by atoms with van der Waals surface area (Å²) in [7, 11) is 2.72. The van der Waals surface area contributed by atoms with E-state index in [0.29, 0.717) is 27.1 Å². The minimum atomic E-state index is -1.71. The first-order valence-electron chi connectivity index (χ1n) is 6.80. The third-order valence-electron chi connectivity index (χ3n) is 3.87. The highest BCUT2D eigenvalue weighted by molar-refractivity contribution is 9.10. The SMILES string of the molecule is COC(=O)C1(c2ccccc2OC)C(=O)Oc2c(Br)cccc21. The monoisotopic (exact) mass is 376 g/mol. The molecule has 23 heavy (non-hydrogen) atoms. The Kier molecular flexibility index (Phi) is 3.85. The van der Waals surface area contributed by atoms with E-state index in [1.807, 2.05) is 0 Å². The van der Waals surface area contributed by atoms with Gasteiger partial charge in [0, 0.05) is 11.1 Å². The Labute approximate surface area is 141 Å². The summed E-state index contributed by atoms with van der Waals surface area (Å²) in [5.41, 5.74) is -0.898. The fraction of sp³-hybridized carbons (Fsp3) is 0.176. The normalized spacial score (nSPS) is 19.0. The summed E-state index contributed by atoms with van der Waals surface area (Å²) in [6, 6.07) is 12.0. The molecule has 3 rings (SSSR count). The summed E-state index contributed by atoms with van der Waals surface area (Å²) in [6.45, 7) is 0. The Balaban J connectivity index is 2.40. The predicted octanol–water partition coefficient (Wildman–Crippen LogP) is 2.84. The summed E-state index contributed by atoms with van der Waals surface area (Å²) in [5, 5.41) is 0. The van der Waals surface area contributed by atoms with Crippen LogP contribution in [0, 0.1) is 0 Å². The lowest BCUT2D eigenvalue weighted by molar-refractivity contribution is -0.154. The van der Waals surface area contributed by atoms with Crippen molar-refractivity contribution in [3.63, 3.8) is 0 Å². The van der Waals surface area contributed by atoms with E-state index in [0.717, 1.165) is 0 Å². The number of hydrogen-bond acceptors (Lipinski definition) is 5. The van der Waals surface area contributed by atoms with Crippen LogP contribution in [0.2, 0.25) is 0 Å². The van der Waals surface area contributed by atoms with Gasteiger partial charge in [-0.05, 0) is 28.1 Å². The van der Waals surface area contributed by atoms with E-state index in [2.05, 4.69) is 15.9 Å². The van der Waals surface area contributed by atoms with Crippen molar-refractivity contribution < 1.29 is 23.8 Å². The van der Waals surface area contributed by atoms with Crippen molar-refractivity contribution in [3.05, 3.63) is 58.1 Å². The van der Waals surface area contributed by atoms with E-state index in [-0.39, 0.29) is 0 Å². The van der Waals surface area contributed by atoms with E-state index in [1.54, 1.807) is 42.5 Å². The van der Waals surface area contributed by atoms with Crippen molar-refractivity contribution in [2.75, 3.05) is 14.2 Å². The molecule has 1 heterocycles. The molecule has 0 aromatic heterocycles. The van der Waals surface area contributed by atoms with Crippen LogP contribution < -0.4 is 9.47 Å². The van der Waals surface area contributed by atoms with Crippen molar-refractivity contribution in [2.24, 2.45) is 0 Å². The van der Waals surface area contributed by atoms with Crippen LogP contribution in [0.1, 0.15) is 11.1 Å². The molecule has 2 aromatic rings. The van der Waals surface area contributed by atoms with Gasteiger partial charge in [0.2, 0.25) is 5.41 Å². The molecule has 0 radical (unpaired) electrons. The fourth-order valence-corrected chi connectivity index (χ4v) is 3.30. The van der Waals surface area contributed by atoms with Crippen LogP contribution >= 0.6 is 15.9 Å². The minimum Gasteiger partial charge on any atom is -0.496 e. The van der Waals surface area contributed by atoms with Gasteiger partial charge in [0.1, 0.15) is 11.5 Å². The van der Waals surface area contributed by atoms with Crippen LogP contribution in [-0.4, -0.2) is 26.2 Å². The lowest BCUT2D eigenvalue weighted by Gasteiger charge is -2.25. The number of para-hydroxylation sites is 2. The van der Waals surface area contributed by atoms with Crippen LogP contribution in [0.4, 0.5) is 0 Å². The van der Waals surface area contributed by atoms with Gasteiger partial charge in [-0.3, -0.25) is 4.79 Å². The molecule has 6 heteroatoms. The van der Waals surface area contributed by atoms with Gasteiger partial charge in [-0.2, -0.15) is 0 Å². The Morgan fingerprint density at radius 1 is 1.09 bits per heavy atom. The summed E-state index contributed by atoms with van der Waals surface area (Å²) in [5.74, 6) is -0.712. The number of methoxy groups -OCH3 is 2. The highest BCUT2D eigenvalue weighted by Crippen LogP contribution is 2.50. The van der Waals surface area contributed by atoms with Gasteiger partial charge in [-0.15, -0.1) is 0 Å². The summed E-state index contributed by atoms with van der Waals surface area (Å²) in [4.78, 5) is 25.5. The van der Waals surface area contributed by atoms with Crippen molar-refractivity contribution in [2.45, 2.75) is 5.41 Å². The van der Waals surface area contributed by atoms with E-state index in [1.165, 1.54) is 14.2 Å². The number of ether oxygens (including phenoxy) is 3. The van der Waals surface area contributed by atoms with Crippen LogP contribution in [0.25, 0.3) is 0 Å². The smallest absolute Gasteiger partial charge is 0.338 e. The Hall–Kier alpha value is -2.34. The maximum atomic E-state index is 12.8. The van der Waals surface area contributed by atoms with Crippen molar-refractivity contribution >= 4 is 27.9 Å². The van der Waals surface area contributed by atoms with Gasteiger partial charge < -0.3 is 14.2 Å². The molecular formula is C17H13BrO5. The molecule has 118 valence electrons. The minimum absolute atomic E-state index is 0.314. The molecule has 2 aromatic carbocycles.